The smallest absolute Gasteiger partial charge is 0.406 e. The molecule has 1 saturated heterocycles. The van der Waals surface area contributed by atoms with Gasteiger partial charge in [-0.2, -0.15) is 4.99 Å². The summed E-state index contributed by atoms with van der Waals surface area (Å²) in [6.45, 7) is 8.07. The SMILES string of the molecule is CC(C)c1cc(-c2ncn(-c3ccc(OC(F)(F)F)cc3)n2)ccc1NC(=O)N=C1SCC(=O)N1c1cc(N(C)C)ccc1C(C)C. The number of amidine groups is 1. The highest BCUT2D eigenvalue weighted by Crippen LogP contribution is 2.36. The molecule has 10 nitrogen and oxygen atoms in total. The van der Waals surface area contributed by atoms with Crippen molar-refractivity contribution < 1.29 is 27.5 Å². The van der Waals surface area contributed by atoms with Gasteiger partial charge in [0.15, 0.2) is 11.0 Å². The topological polar surface area (TPSA) is 105 Å². The summed E-state index contributed by atoms with van der Waals surface area (Å²) in [6, 6.07) is 16.0. The van der Waals surface area contributed by atoms with Gasteiger partial charge in [0.05, 0.1) is 17.1 Å². The first-order valence-electron chi connectivity index (χ1n) is 14.8. The van der Waals surface area contributed by atoms with Crippen molar-refractivity contribution in [3.63, 3.8) is 0 Å². The zero-order valence-electron chi connectivity index (χ0n) is 26.7. The number of hydrogen-bond acceptors (Lipinski definition) is 7. The predicted molar refractivity (Wildman–Crippen MR) is 179 cm³/mol. The van der Waals surface area contributed by atoms with Gasteiger partial charge in [0.25, 0.3) is 0 Å². The maximum Gasteiger partial charge on any atom is 0.573 e. The Hall–Kier alpha value is -4.85. The van der Waals surface area contributed by atoms with Crippen LogP contribution in [0.1, 0.15) is 50.7 Å². The molecule has 0 saturated carbocycles. The summed E-state index contributed by atoms with van der Waals surface area (Å²) in [6.07, 6.45) is -3.32. The first-order chi connectivity index (χ1) is 22.2. The number of ether oxygens (including phenoxy) is 1. The molecule has 5 rings (SSSR count). The highest BCUT2D eigenvalue weighted by atomic mass is 32.2. The summed E-state index contributed by atoms with van der Waals surface area (Å²) in [5, 5.41) is 7.67. The Morgan fingerprint density at radius 1 is 1.00 bits per heavy atom. The minimum absolute atomic E-state index is 0.00229. The van der Waals surface area contributed by atoms with Crippen LogP contribution in [0.2, 0.25) is 0 Å². The van der Waals surface area contributed by atoms with Gasteiger partial charge in [-0.25, -0.2) is 14.5 Å². The van der Waals surface area contributed by atoms with Gasteiger partial charge in [-0.15, -0.1) is 18.3 Å². The first kappa shape index (κ1) is 33.5. The van der Waals surface area contributed by atoms with E-state index >= 15 is 0 Å². The van der Waals surface area contributed by atoms with E-state index in [1.165, 1.54) is 51.9 Å². The van der Waals surface area contributed by atoms with Crippen LogP contribution in [0.4, 0.5) is 35.0 Å². The quantitative estimate of drug-likeness (QED) is 0.205. The summed E-state index contributed by atoms with van der Waals surface area (Å²) >= 11 is 1.22. The molecule has 3 aromatic carbocycles. The number of benzene rings is 3. The van der Waals surface area contributed by atoms with E-state index < -0.39 is 12.4 Å². The number of urea groups is 1. The second-order valence-corrected chi connectivity index (χ2v) is 12.6. The molecule has 1 fully saturated rings. The highest BCUT2D eigenvalue weighted by molar-refractivity contribution is 8.15. The van der Waals surface area contributed by atoms with Gasteiger partial charge < -0.3 is 15.0 Å². The number of nitrogens with one attached hydrogen (secondary N) is 1. The minimum Gasteiger partial charge on any atom is -0.406 e. The van der Waals surface area contributed by atoms with Crippen molar-refractivity contribution in [3.8, 4) is 22.8 Å². The number of nitrogens with zero attached hydrogens (tertiary/aromatic N) is 6. The predicted octanol–water partition coefficient (Wildman–Crippen LogP) is 7.81. The Morgan fingerprint density at radius 2 is 1.70 bits per heavy atom. The molecule has 1 aromatic heterocycles. The maximum absolute atomic E-state index is 13.3. The van der Waals surface area contributed by atoms with Crippen LogP contribution in [0.5, 0.6) is 5.75 Å². The van der Waals surface area contributed by atoms with E-state index in [1.54, 1.807) is 12.1 Å². The number of carbonyl (C=O) groups is 2. The summed E-state index contributed by atoms with van der Waals surface area (Å²) < 4.78 is 42.9. The van der Waals surface area contributed by atoms with Crippen molar-refractivity contribution in [2.24, 2.45) is 4.99 Å². The molecule has 47 heavy (non-hydrogen) atoms. The molecule has 1 aliphatic rings. The van der Waals surface area contributed by atoms with Crippen LogP contribution in [-0.2, 0) is 4.79 Å². The molecule has 14 heteroatoms. The average Bonchev–Trinajstić information content (AvgIpc) is 3.63. The van der Waals surface area contributed by atoms with Crippen LogP contribution in [-0.4, -0.2) is 58.1 Å². The number of amides is 3. The van der Waals surface area contributed by atoms with Crippen LogP contribution in [0.25, 0.3) is 17.1 Å². The molecule has 0 spiro atoms. The van der Waals surface area contributed by atoms with Crippen LogP contribution in [0.15, 0.2) is 72.0 Å². The molecule has 4 aromatic rings. The Balaban J connectivity index is 1.37. The van der Waals surface area contributed by atoms with Crippen LogP contribution in [0.3, 0.4) is 0 Å². The zero-order valence-corrected chi connectivity index (χ0v) is 27.5. The van der Waals surface area contributed by atoms with E-state index in [0.717, 1.165) is 16.8 Å². The van der Waals surface area contributed by atoms with Gasteiger partial charge in [0.1, 0.15) is 12.1 Å². The third kappa shape index (κ3) is 7.76. The zero-order chi connectivity index (χ0) is 34.0. The lowest BCUT2D eigenvalue weighted by Crippen LogP contribution is -2.31. The summed E-state index contributed by atoms with van der Waals surface area (Å²) in [5.74, 6) is 0.216. The molecule has 0 aliphatic carbocycles. The van der Waals surface area contributed by atoms with E-state index in [2.05, 4.69) is 39.0 Å². The second kappa shape index (κ2) is 13.5. The largest absolute Gasteiger partial charge is 0.573 e. The molecule has 0 radical (unpaired) electrons. The average molecular weight is 666 g/mol. The third-order valence-corrected chi connectivity index (χ3v) is 8.28. The fourth-order valence-corrected chi connectivity index (χ4v) is 5.88. The number of carbonyl (C=O) groups excluding carboxylic acids is 2. The van der Waals surface area contributed by atoms with Gasteiger partial charge in [-0.05, 0) is 77.6 Å². The molecular formula is C33H34F3N7O3S. The van der Waals surface area contributed by atoms with Crippen molar-refractivity contribution in [2.45, 2.75) is 45.9 Å². The second-order valence-electron chi connectivity index (χ2n) is 11.6. The van der Waals surface area contributed by atoms with E-state index in [4.69, 9.17) is 0 Å². The molecule has 246 valence electrons. The molecule has 1 aliphatic heterocycles. The maximum atomic E-state index is 13.3. The summed E-state index contributed by atoms with van der Waals surface area (Å²) in [5.41, 5.74) is 5.14. The van der Waals surface area contributed by atoms with Gasteiger partial charge in [-0.3, -0.25) is 9.69 Å². The Labute approximate surface area is 274 Å². The lowest BCUT2D eigenvalue weighted by molar-refractivity contribution is -0.274. The third-order valence-electron chi connectivity index (χ3n) is 7.36. The van der Waals surface area contributed by atoms with E-state index in [1.807, 2.05) is 57.1 Å². The number of alkyl halides is 3. The Kier molecular flexibility index (Phi) is 9.61. The van der Waals surface area contributed by atoms with Gasteiger partial charge in [0.2, 0.25) is 5.91 Å². The van der Waals surface area contributed by atoms with Gasteiger partial charge in [-0.1, -0.05) is 45.5 Å². The number of aromatic nitrogens is 3. The fourth-order valence-electron chi connectivity index (χ4n) is 5.02. The molecule has 3 amide bonds. The van der Waals surface area contributed by atoms with E-state index in [9.17, 15) is 22.8 Å². The number of aliphatic imine (C=N–C) groups is 1. The van der Waals surface area contributed by atoms with Crippen molar-refractivity contribution >= 4 is 45.9 Å². The van der Waals surface area contributed by atoms with Gasteiger partial charge in [0, 0.05) is 31.0 Å². The summed E-state index contributed by atoms with van der Waals surface area (Å²) in [4.78, 5) is 38.5. The van der Waals surface area contributed by atoms with Gasteiger partial charge >= 0.3 is 12.4 Å². The number of halogens is 3. The van der Waals surface area contributed by atoms with Crippen LogP contribution < -0.4 is 19.9 Å². The highest BCUT2D eigenvalue weighted by Gasteiger charge is 2.33. The molecule has 0 bridgehead atoms. The number of rotatable bonds is 8. The van der Waals surface area contributed by atoms with Crippen molar-refractivity contribution in [3.05, 3.63) is 78.1 Å². The lowest BCUT2D eigenvalue weighted by atomic mass is 9.98. The van der Waals surface area contributed by atoms with E-state index in [0.29, 0.717) is 33.6 Å². The van der Waals surface area contributed by atoms with Crippen LogP contribution in [0, 0.1) is 0 Å². The Bertz CT molecular complexity index is 1820. The standard InChI is InChI=1S/C33H34F3N7O3S/c1-19(2)25-13-10-23(41(5)6)16-28(25)43-29(44)17-47-32(43)39-31(45)38-27-14-7-21(15-26(27)20(3)4)30-37-18-42(40-30)22-8-11-24(12-9-22)46-33(34,35)36/h7-16,18-20H,17H2,1-6H3,(H,38,45). The van der Waals surface area contributed by atoms with Crippen LogP contribution >= 0.6 is 11.8 Å². The minimum atomic E-state index is -4.78. The normalized spacial score (nSPS) is 14.4. The van der Waals surface area contributed by atoms with Crippen molar-refractivity contribution in [1.82, 2.24) is 14.8 Å². The van der Waals surface area contributed by atoms with E-state index in [-0.39, 0.29) is 29.2 Å². The van der Waals surface area contributed by atoms with Crippen molar-refractivity contribution in [2.75, 3.05) is 35.0 Å². The monoisotopic (exact) mass is 665 g/mol. The van der Waals surface area contributed by atoms with Crippen molar-refractivity contribution in [1.29, 1.82) is 0 Å². The lowest BCUT2D eigenvalue weighted by Gasteiger charge is -2.24. The number of thioether (sulfide) groups is 1. The number of anilines is 3. The number of hydrogen-bond donors (Lipinski definition) is 1. The molecule has 2 heterocycles. The Morgan fingerprint density at radius 3 is 2.34 bits per heavy atom. The molecule has 0 atom stereocenters. The summed E-state index contributed by atoms with van der Waals surface area (Å²) in [7, 11) is 3.85. The molecular weight excluding hydrogens is 631 g/mol. The molecule has 1 N–H and O–H groups in total. The fraction of sp³-hybridized carbons (Fsp3) is 0.303. The molecule has 0 unspecified atom stereocenters. The first-order valence-corrected chi connectivity index (χ1v) is 15.8.